The average Bonchev–Trinajstić information content (AvgIpc) is 2.86. The zero-order chi connectivity index (χ0) is 13.3. The third kappa shape index (κ3) is 2.76. The van der Waals surface area contributed by atoms with Crippen molar-refractivity contribution in [3.05, 3.63) is 28.8 Å². The number of hydrogen-bond donors (Lipinski definition) is 1. The molecule has 2 fully saturated rings. The fourth-order valence-corrected chi connectivity index (χ4v) is 4.16. The van der Waals surface area contributed by atoms with E-state index < -0.39 is 0 Å². The quantitative estimate of drug-likeness (QED) is 0.746. The van der Waals surface area contributed by atoms with Gasteiger partial charge in [-0.25, -0.2) is 0 Å². The largest absolute Gasteiger partial charge is 0.382 e. The van der Waals surface area contributed by atoms with E-state index in [2.05, 4.69) is 18.3 Å². The third-order valence-electron chi connectivity index (χ3n) is 5.34. The first-order valence-corrected chi connectivity index (χ1v) is 8.08. The van der Waals surface area contributed by atoms with Gasteiger partial charge in [0.1, 0.15) is 0 Å². The van der Waals surface area contributed by atoms with Crippen LogP contribution in [0.3, 0.4) is 0 Å². The molecule has 2 saturated carbocycles. The molecule has 0 heterocycles. The highest BCUT2D eigenvalue weighted by Gasteiger charge is 2.37. The molecular weight excluding hydrogens is 254 g/mol. The van der Waals surface area contributed by atoms with Crippen LogP contribution < -0.4 is 5.32 Å². The van der Waals surface area contributed by atoms with Crippen LogP contribution in [0.5, 0.6) is 0 Å². The van der Waals surface area contributed by atoms with Gasteiger partial charge in [0.2, 0.25) is 0 Å². The van der Waals surface area contributed by atoms with Gasteiger partial charge in [-0.1, -0.05) is 30.5 Å². The molecule has 1 aromatic carbocycles. The molecule has 2 aliphatic rings. The number of rotatable bonds is 2. The standard InChI is InChI=1S/C17H24ClN/c1-13-15(18)5-4-6-16(13)19-14-7-11-17(12-8-14)9-2-3-10-17/h4-6,14,19H,2-3,7-12H2,1H3. The summed E-state index contributed by atoms with van der Waals surface area (Å²) in [5.41, 5.74) is 3.13. The number of nitrogens with one attached hydrogen (secondary N) is 1. The van der Waals surface area contributed by atoms with Gasteiger partial charge in [0.25, 0.3) is 0 Å². The lowest BCUT2D eigenvalue weighted by Gasteiger charge is -2.38. The normalized spacial score (nSPS) is 22.8. The molecule has 0 atom stereocenters. The minimum Gasteiger partial charge on any atom is -0.382 e. The summed E-state index contributed by atoms with van der Waals surface area (Å²) in [6.07, 6.45) is 11.4. The molecule has 0 aromatic heterocycles. The second-order valence-corrected chi connectivity index (χ2v) is 6.95. The average molecular weight is 278 g/mol. The Morgan fingerprint density at radius 1 is 1.11 bits per heavy atom. The number of benzene rings is 1. The Morgan fingerprint density at radius 3 is 2.47 bits per heavy atom. The molecule has 2 aliphatic carbocycles. The second-order valence-electron chi connectivity index (χ2n) is 6.54. The van der Waals surface area contributed by atoms with Gasteiger partial charge >= 0.3 is 0 Å². The Morgan fingerprint density at radius 2 is 1.79 bits per heavy atom. The lowest BCUT2D eigenvalue weighted by molar-refractivity contribution is 0.188. The van der Waals surface area contributed by atoms with Gasteiger partial charge in [-0.05, 0) is 68.6 Å². The zero-order valence-corrected chi connectivity index (χ0v) is 12.6. The maximum Gasteiger partial charge on any atom is 0.0455 e. The molecule has 0 aliphatic heterocycles. The predicted octanol–water partition coefficient (Wildman–Crippen LogP) is 5.56. The van der Waals surface area contributed by atoms with Crippen LogP contribution in [0.25, 0.3) is 0 Å². The fourth-order valence-electron chi connectivity index (χ4n) is 3.98. The summed E-state index contributed by atoms with van der Waals surface area (Å²) < 4.78 is 0. The predicted molar refractivity (Wildman–Crippen MR) is 83.0 cm³/mol. The van der Waals surface area contributed by atoms with E-state index in [0.717, 1.165) is 10.4 Å². The van der Waals surface area contributed by atoms with E-state index in [9.17, 15) is 0 Å². The molecule has 1 N–H and O–H groups in total. The molecule has 0 bridgehead atoms. The van der Waals surface area contributed by atoms with E-state index in [1.807, 2.05) is 12.1 Å². The van der Waals surface area contributed by atoms with E-state index in [4.69, 9.17) is 11.6 Å². The minimum absolute atomic E-state index is 0.642. The van der Waals surface area contributed by atoms with E-state index in [0.29, 0.717) is 6.04 Å². The van der Waals surface area contributed by atoms with Crippen molar-refractivity contribution in [2.45, 2.75) is 64.3 Å². The maximum atomic E-state index is 6.19. The van der Waals surface area contributed by atoms with Gasteiger partial charge in [-0.3, -0.25) is 0 Å². The number of anilines is 1. The van der Waals surface area contributed by atoms with Crippen LogP contribution in [0.4, 0.5) is 5.69 Å². The van der Waals surface area contributed by atoms with Crippen molar-refractivity contribution in [1.29, 1.82) is 0 Å². The van der Waals surface area contributed by atoms with Crippen LogP contribution in [0, 0.1) is 12.3 Å². The molecule has 0 radical (unpaired) electrons. The topological polar surface area (TPSA) is 12.0 Å². The molecule has 1 aromatic rings. The Hall–Kier alpha value is -0.690. The molecule has 19 heavy (non-hydrogen) atoms. The highest BCUT2D eigenvalue weighted by molar-refractivity contribution is 6.31. The first kappa shape index (κ1) is 13.3. The summed E-state index contributed by atoms with van der Waals surface area (Å²) in [5, 5.41) is 4.58. The van der Waals surface area contributed by atoms with Crippen LogP contribution in [-0.2, 0) is 0 Å². The monoisotopic (exact) mass is 277 g/mol. The number of halogens is 1. The number of hydrogen-bond acceptors (Lipinski definition) is 1. The summed E-state index contributed by atoms with van der Waals surface area (Å²) in [6, 6.07) is 6.81. The van der Waals surface area contributed by atoms with Crippen LogP contribution in [0.1, 0.15) is 56.9 Å². The highest BCUT2D eigenvalue weighted by Crippen LogP contribution is 2.49. The van der Waals surface area contributed by atoms with Crippen LogP contribution in [0.2, 0.25) is 5.02 Å². The molecular formula is C17H24ClN. The van der Waals surface area contributed by atoms with E-state index in [1.54, 1.807) is 0 Å². The first-order valence-electron chi connectivity index (χ1n) is 7.70. The van der Waals surface area contributed by atoms with Crippen molar-refractivity contribution >= 4 is 17.3 Å². The van der Waals surface area contributed by atoms with Crippen LogP contribution in [0.15, 0.2) is 18.2 Å². The molecule has 3 rings (SSSR count). The second kappa shape index (κ2) is 5.36. The molecule has 0 unspecified atom stereocenters. The van der Waals surface area contributed by atoms with Crippen LogP contribution >= 0.6 is 11.6 Å². The summed E-state index contributed by atoms with van der Waals surface area (Å²) in [7, 11) is 0. The summed E-state index contributed by atoms with van der Waals surface area (Å²) >= 11 is 6.19. The maximum absolute atomic E-state index is 6.19. The van der Waals surface area contributed by atoms with Crippen molar-refractivity contribution in [1.82, 2.24) is 0 Å². The third-order valence-corrected chi connectivity index (χ3v) is 5.75. The van der Waals surface area contributed by atoms with Gasteiger partial charge in [0, 0.05) is 16.8 Å². The lowest BCUT2D eigenvalue weighted by Crippen LogP contribution is -2.31. The smallest absolute Gasteiger partial charge is 0.0455 e. The molecule has 1 spiro atoms. The minimum atomic E-state index is 0.642. The van der Waals surface area contributed by atoms with Crippen molar-refractivity contribution < 1.29 is 0 Å². The molecule has 0 amide bonds. The van der Waals surface area contributed by atoms with Crippen molar-refractivity contribution in [3.63, 3.8) is 0 Å². The molecule has 104 valence electrons. The first-order chi connectivity index (χ1) is 9.19. The van der Waals surface area contributed by atoms with E-state index in [-0.39, 0.29) is 0 Å². The van der Waals surface area contributed by atoms with Gasteiger partial charge in [0.15, 0.2) is 0 Å². The highest BCUT2D eigenvalue weighted by atomic mass is 35.5. The molecule has 2 heteroatoms. The Labute approximate surface area is 121 Å². The summed E-state index contributed by atoms with van der Waals surface area (Å²) in [6.45, 7) is 2.10. The zero-order valence-electron chi connectivity index (χ0n) is 11.8. The molecule has 0 saturated heterocycles. The lowest BCUT2D eigenvalue weighted by atomic mass is 9.71. The van der Waals surface area contributed by atoms with E-state index >= 15 is 0 Å². The van der Waals surface area contributed by atoms with E-state index in [1.165, 1.54) is 62.6 Å². The SMILES string of the molecule is Cc1c(Cl)cccc1NC1CCC2(CCCC2)CC1. The van der Waals surface area contributed by atoms with Crippen molar-refractivity contribution in [2.75, 3.05) is 5.32 Å². The van der Waals surface area contributed by atoms with Crippen molar-refractivity contribution in [2.24, 2.45) is 5.41 Å². The Bertz CT molecular complexity index is 439. The van der Waals surface area contributed by atoms with Gasteiger partial charge < -0.3 is 5.32 Å². The van der Waals surface area contributed by atoms with Gasteiger partial charge in [0.05, 0.1) is 0 Å². The summed E-state index contributed by atoms with van der Waals surface area (Å²) in [5.74, 6) is 0. The van der Waals surface area contributed by atoms with Gasteiger partial charge in [-0.15, -0.1) is 0 Å². The van der Waals surface area contributed by atoms with Crippen molar-refractivity contribution in [3.8, 4) is 0 Å². The fraction of sp³-hybridized carbons (Fsp3) is 0.647. The van der Waals surface area contributed by atoms with Crippen LogP contribution in [-0.4, -0.2) is 6.04 Å². The Balaban J connectivity index is 1.61. The molecule has 1 nitrogen and oxygen atoms in total. The Kier molecular flexibility index (Phi) is 3.75. The summed E-state index contributed by atoms with van der Waals surface area (Å²) in [4.78, 5) is 0. The van der Waals surface area contributed by atoms with Gasteiger partial charge in [-0.2, -0.15) is 0 Å².